The number of nitrogens with two attached hydrogens (primary N) is 2. The number of benzene rings is 2. The number of anilines is 2. The largest absolute Gasteiger partial charge is 0.457 e. The Bertz CT molecular complexity index is 1040. The molecule has 6 rings (SSSR count). The Morgan fingerprint density at radius 1 is 0.750 bits per heavy atom. The van der Waals surface area contributed by atoms with Crippen LogP contribution in [0.3, 0.4) is 0 Å². The molecule has 0 bridgehead atoms. The first-order chi connectivity index (χ1) is 15.5. The fraction of sp³-hybridized carbons (Fsp3) is 0.520. The Kier molecular flexibility index (Phi) is 5.02. The second kappa shape index (κ2) is 7.92. The lowest BCUT2D eigenvalue weighted by Gasteiger charge is -2.25. The van der Waals surface area contributed by atoms with Gasteiger partial charge in [-0.2, -0.15) is 0 Å². The maximum absolute atomic E-state index is 6.87. The van der Waals surface area contributed by atoms with E-state index in [2.05, 4.69) is 0 Å². The number of ether oxygens (including phenoxy) is 5. The lowest BCUT2D eigenvalue weighted by Crippen LogP contribution is -2.16. The molecule has 7 nitrogen and oxygen atoms in total. The van der Waals surface area contributed by atoms with Crippen LogP contribution in [0, 0.1) is 6.92 Å². The highest BCUT2D eigenvalue weighted by Gasteiger charge is 2.37. The predicted octanol–water partition coefficient (Wildman–Crippen LogP) is 2.72. The molecule has 4 atom stereocenters. The minimum atomic E-state index is 0.195. The highest BCUT2D eigenvalue weighted by atomic mass is 16.6. The van der Waals surface area contributed by atoms with Crippen molar-refractivity contribution < 1.29 is 23.7 Å². The van der Waals surface area contributed by atoms with Crippen molar-refractivity contribution in [1.82, 2.24) is 0 Å². The topological polar surface area (TPSA) is 111 Å². The van der Waals surface area contributed by atoms with Crippen LogP contribution in [0.5, 0.6) is 11.5 Å². The van der Waals surface area contributed by atoms with Crippen LogP contribution in [0.4, 0.5) is 11.4 Å². The van der Waals surface area contributed by atoms with Gasteiger partial charge in [-0.05, 0) is 41.8 Å². The van der Waals surface area contributed by atoms with Gasteiger partial charge in [-0.1, -0.05) is 0 Å². The third kappa shape index (κ3) is 4.43. The van der Waals surface area contributed by atoms with Gasteiger partial charge in [0.1, 0.15) is 11.5 Å². The van der Waals surface area contributed by atoms with Crippen molar-refractivity contribution in [3.05, 3.63) is 46.0 Å². The number of nitrogen functional groups attached to an aromatic ring is 2. The number of hydrogen-bond acceptors (Lipinski definition) is 7. The molecule has 2 aromatic rings. The van der Waals surface area contributed by atoms with Gasteiger partial charge in [-0.25, -0.2) is 0 Å². The molecular formula is C25H30N2O5. The maximum atomic E-state index is 6.87. The summed E-state index contributed by atoms with van der Waals surface area (Å²) in [4.78, 5) is 0. The van der Waals surface area contributed by atoms with Gasteiger partial charge in [0.15, 0.2) is 0 Å². The summed E-state index contributed by atoms with van der Waals surface area (Å²) in [5.74, 6) is 1.62. The Morgan fingerprint density at radius 2 is 1.25 bits per heavy atom. The fourth-order valence-corrected chi connectivity index (χ4v) is 4.47. The third-order valence-electron chi connectivity index (χ3n) is 6.72. The second-order valence-electron chi connectivity index (χ2n) is 9.42. The summed E-state index contributed by atoms with van der Waals surface area (Å²) >= 11 is 0. The monoisotopic (exact) mass is 438 g/mol. The summed E-state index contributed by atoms with van der Waals surface area (Å²) in [5.41, 5.74) is 20.1. The molecule has 0 saturated carbocycles. The number of epoxide rings is 4. The maximum Gasteiger partial charge on any atom is 0.136 e. The van der Waals surface area contributed by atoms with E-state index >= 15 is 0 Å². The Morgan fingerprint density at radius 3 is 1.78 bits per heavy atom. The average Bonchev–Trinajstić information content (AvgIpc) is 3.61. The minimum Gasteiger partial charge on any atom is -0.457 e. The van der Waals surface area contributed by atoms with Gasteiger partial charge in [-0.15, -0.1) is 0 Å². The fourth-order valence-electron chi connectivity index (χ4n) is 4.47. The molecule has 4 saturated heterocycles. The van der Waals surface area contributed by atoms with Crippen LogP contribution in [0.1, 0.15) is 27.8 Å². The van der Waals surface area contributed by atoms with Crippen molar-refractivity contribution in [3.63, 3.8) is 0 Å². The lowest BCUT2D eigenvalue weighted by atomic mass is 9.86. The van der Waals surface area contributed by atoms with E-state index in [1.165, 1.54) is 16.7 Å². The standard InChI is InChI=1S/C25H30N2O5/c1-13-4-14(2-3-23(13)26)32-25-21(7-17-11-30-17)19(5-15-9-28-15)20(6-16-10-29-16)24(27)22(25)8-18-12-31-18/h2-4,15-18H,5-12,26-27H2,1H3. The first-order valence-corrected chi connectivity index (χ1v) is 11.5. The van der Waals surface area contributed by atoms with E-state index in [4.69, 9.17) is 35.2 Å². The SMILES string of the molecule is Cc1cc(Oc2c(CC3CO3)c(N)c(CC3CO3)c(CC3CO3)c2CC2CO2)ccc1N. The zero-order chi connectivity index (χ0) is 21.8. The highest BCUT2D eigenvalue weighted by molar-refractivity contribution is 5.68. The Balaban J connectivity index is 1.49. The molecule has 0 radical (unpaired) electrons. The van der Waals surface area contributed by atoms with Gasteiger partial charge < -0.3 is 35.2 Å². The molecule has 4 aliphatic heterocycles. The van der Waals surface area contributed by atoms with E-state index in [1.54, 1.807) is 0 Å². The molecule has 2 aromatic carbocycles. The molecule has 4 fully saturated rings. The Hall–Kier alpha value is -2.32. The molecule has 0 aromatic heterocycles. The summed E-state index contributed by atoms with van der Waals surface area (Å²) in [7, 11) is 0. The summed E-state index contributed by atoms with van der Waals surface area (Å²) in [6.45, 7) is 5.13. The van der Waals surface area contributed by atoms with Crippen LogP contribution in [0.2, 0.25) is 0 Å². The molecule has 7 heteroatoms. The van der Waals surface area contributed by atoms with Gasteiger partial charge in [0, 0.05) is 48.2 Å². The zero-order valence-electron chi connectivity index (χ0n) is 18.4. The van der Waals surface area contributed by atoms with Crippen LogP contribution >= 0.6 is 0 Å². The van der Waals surface area contributed by atoms with Crippen LogP contribution in [-0.4, -0.2) is 50.8 Å². The molecule has 4 heterocycles. The van der Waals surface area contributed by atoms with Gasteiger partial charge in [0.25, 0.3) is 0 Å². The minimum absolute atomic E-state index is 0.195. The molecule has 4 aliphatic rings. The van der Waals surface area contributed by atoms with E-state index in [0.717, 1.165) is 86.1 Å². The van der Waals surface area contributed by atoms with Crippen molar-refractivity contribution in [2.75, 3.05) is 37.9 Å². The van der Waals surface area contributed by atoms with E-state index in [1.807, 2.05) is 25.1 Å². The van der Waals surface area contributed by atoms with Crippen molar-refractivity contribution in [2.24, 2.45) is 0 Å². The molecule has 0 aliphatic carbocycles. The van der Waals surface area contributed by atoms with Crippen LogP contribution in [0.15, 0.2) is 18.2 Å². The van der Waals surface area contributed by atoms with E-state index < -0.39 is 0 Å². The summed E-state index contributed by atoms with van der Waals surface area (Å²) in [6.07, 6.45) is 4.13. The van der Waals surface area contributed by atoms with Gasteiger partial charge in [-0.3, -0.25) is 0 Å². The summed E-state index contributed by atoms with van der Waals surface area (Å²) in [6, 6.07) is 5.79. The molecular weight excluding hydrogens is 408 g/mol. The first kappa shape index (κ1) is 20.3. The van der Waals surface area contributed by atoms with Crippen LogP contribution in [-0.2, 0) is 44.6 Å². The van der Waals surface area contributed by atoms with Crippen molar-refractivity contribution in [3.8, 4) is 11.5 Å². The lowest BCUT2D eigenvalue weighted by molar-refractivity contribution is 0.390. The van der Waals surface area contributed by atoms with Gasteiger partial charge in [0.05, 0.1) is 50.8 Å². The molecule has 170 valence electrons. The number of rotatable bonds is 10. The van der Waals surface area contributed by atoms with Crippen LogP contribution < -0.4 is 16.2 Å². The Labute approximate surface area is 187 Å². The first-order valence-electron chi connectivity index (χ1n) is 11.5. The normalized spacial score (nSPS) is 27.3. The van der Waals surface area contributed by atoms with Crippen molar-refractivity contribution in [2.45, 2.75) is 57.0 Å². The summed E-state index contributed by atoms with van der Waals surface area (Å²) in [5, 5.41) is 0. The van der Waals surface area contributed by atoms with Gasteiger partial charge in [0.2, 0.25) is 0 Å². The molecule has 0 spiro atoms. The number of hydrogen-bond donors (Lipinski definition) is 2. The van der Waals surface area contributed by atoms with E-state index in [9.17, 15) is 0 Å². The van der Waals surface area contributed by atoms with E-state index in [-0.39, 0.29) is 24.4 Å². The highest BCUT2D eigenvalue weighted by Crippen LogP contribution is 2.44. The second-order valence-corrected chi connectivity index (χ2v) is 9.42. The molecule has 32 heavy (non-hydrogen) atoms. The zero-order valence-corrected chi connectivity index (χ0v) is 18.4. The average molecular weight is 439 g/mol. The quantitative estimate of drug-likeness (QED) is 0.433. The molecule has 4 N–H and O–H groups in total. The smallest absolute Gasteiger partial charge is 0.136 e. The summed E-state index contributed by atoms with van der Waals surface area (Å²) < 4.78 is 29.0. The predicted molar refractivity (Wildman–Crippen MR) is 120 cm³/mol. The molecule has 4 unspecified atom stereocenters. The van der Waals surface area contributed by atoms with Crippen molar-refractivity contribution in [1.29, 1.82) is 0 Å². The number of aryl methyl sites for hydroxylation is 1. The van der Waals surface area contributed by atoms with Gasteiger partial charge >= 0.3 is 0 Å². The third-order valence-corrected chi connectivity index (χ3v) is 6.72. The van der Waals surface area contributed by atoms with E-state index in [0.29, 0.717) is 0 Å². The molecule has 0 amide bonds. The van der Waals surface area contributed by atoms with Crippen molar-refractivity contribution >= 4 is 11.4 Å². The van der Waals surface area contributed by atoms with Crippen LogP contribution in [0.25, 0.3) is 0 Å².